The van der Waals surface area contributed by atoms with Gasteiger partial charge in [0.1, 0.15) is 5.82 Å². The second-order valence-corrected chi connectivity index (χ2v) is 13.0. The van der Waals surface area contributed by atoms with Gasteiger partial charge in [-0.1, -0.05) is 0 Å². The van der Waals surface area contributed by atoms with Crippen LogP contribution in [0.15, 0.2) is 36.7 Å². The number of pyridine rings is 1. The molecule has 1 aliphatic carbocycles. The average Bonchev–Trinajstić information content (AvgIpc) is 3.51. The van der Waals surface area contributed by atoms with E-state index in [0.29, 0.717) is 48.4 Å². The lowest BCUT2D eigenvalue weighted by Crippen LogP contribution is -2.52. The normalized spacial score (nSPS) is 22.9. The van der Waals surface area contributed by atoms with Crippen molar-refractivity contribution in [2.45, 2.75) is 96.8 Å². The fourth-order valence-electron chi connectivity index (χ4n) is 7.46. The Morgan fingerprint density at radius 1 is 1.16 bits per heavy atom. The van der Waals surface area contributed by atoms with Crippen molar-refractivity contribution in [3.8, 4) is 5.69 Å². The Labute approximate surface area is 252 Å². The highest BCUT2D eigenvalue weighted by molar-refractivity contribution is 6.11. The van der Waals surface area contributed by atoms with Crippen molar-refractivity contribution in [3.63, 3.8) is 0 Å². The molecule has 2 amide bonds. The van der Waals surface area contributed by atoms with Gasteiger partial charge in [-0.05, 0) is 97.4 Å². The van der Waals surface area contributed by atoms with Crippen LogP contribution >= 0.6 is 0 Å². The number of aromatic nitrogens is 2. The Balaban J connectivity index is 1.32. The quantitative estimate of drug-likeness (QED) is 0.372. The summed E-state index contributed by atoms with van der Waals surface area (Å²) in [6.45, 7) is 10.7. The van der Waals surface area contributed by atoms with E-state index in [4.69, 9.17) is 0 Å². The molecule has 2 aliphatic heterocycles. The minimum Gasteiger partial charge on any atom is -0.339 e. The molecule has 8 nitrogen and oxygen atoms in total. The number of piperidine rings is 1. The van der Waals surface area contributed by atoms with Crippen molar-refractivity contribution in [2.24, 2.45) is 5.92 Å². The SMILES string of the molecule is CCN(C(=O)c1cc(F)ccc1-n1c(C)c(C(=O)[C@@H]2CCN(C(=O)[C@H]3CCC4(CC4)N3)[C@@H](C)C2)c2ccncc21)C(C)C. The molecule has 9 heteroatoms. The lowest BCUT2D eigenvalue weighted by atomic mass is 9.84. The van der Waals surface area contributed by atoms with Crippen molar-refractivity contribution in [1.29, 1.82) is 0 Å². The maximum atomic E-state index is 14.6. The Hall–Kier alpha value is -3.59. The van der Waals surface area contributed by atoms with Gasteiger partial charge >= 0.3 is 0 Å². The Kier molecular flexibility index (Phi) is 7.65. The fraction of sp³-hybridized carbons (Fsp3) is 0.529. The average molecular weight is 588 g/mol. The van der Waals surface area contributed by atoms with E-state index >= 15 is 0 Å². The number of likely N-dealkylation sites (tertiary alicyclic amines) is 1. The predicted molar refractivity (Wildman–Crippen MR) is 164 cm³/mol. The minimum absolute atomic E-state index is 0.0367. The van der Waals surface area contributed by atoms with Gasteiger partial charge in [0.2, 0.25) is 5.91 Å². The number of benzene rings is 1. The van der Waals surface area contributed by atoms with E-state index in [-0.39, 0.29) is 52.7 Å². The smallest absolute Gasteiger partial charge is 0.256 e. The van der Waals surface area contributed by atoms with Crippen molar-refractivity contribution < 1.29 is 18.8 Å². The molecule has 1 N–H and O–H groups in total. The summed E-state index contributed by atoms with van der Waals surface area (Å²) in [4.78, 5) is 49.4. The van der Waals surface area contributed by atoms with Gasteiger partial charge in [0.25, 0.3) is 5.91 Å². The Bertz CT molecular complexity index is 1590. The van der Waals surface area contributed by atoms with Crippen LogP contribution in [-0.4, -0.2) is 73.7 Å². The van der Waals surface area contributed by atoms with Gasteiger partial charge in [-0.15, -0.1) is 0 Å². The lowest BCUT2D eigenvalue weighted by Gasteiger charge is -2.38. The molecule has 0 bridgehead atoms. The van der Waals surface area contributed by atoms with Crippen LogP contribution in [0.3, 0.4) is 0 Å². The molecular weight excluding hydrogens is 545 g/mol. The second kappa shape index (κ2) is 11.2. The van der Waals surface area contributed by atoms with Gasteiger partial charge in [-0.25, -0.2) is 4.39 Å². The summed E-state index contributed by atoms with van der Waals surface area (Å²) in [5.41, 5.74) is 2.95. The molecule has 43 heavy (non-hydrogen) atoms. The Morgan fingerprint density at radius 3 is 2.58 bits per heavy atom. The van der Waals surface area contributed by atoms with Gasteiger partial charge in [0.15, 0.2) is 5.78 Å². The molecule has 3 aromatic rings. The van der Waals surface area contributed by atoms with Crippen LogP contribution in [0.5, 0.6) is 0 Å². The number of amides is 2. The third-order valence-electron chi connectivity index (χ3n) is 9.98. The molecule has 4 heterocycles. The van der Waals surface area contributed by atoms with Crippen molar-refractivity contribution in [2.75, 3.05) is 13.1 Å². The highest BCUT2D eigenvalue weighted by Gasteiger charge is 2.50. The molecule has 2 aromatic heterocycles. The molecule has 0 unspecified atom stereocenters. The summed E-state index contributed by atoms with van der Waals surface area (Å²) in [7, 11) is 0. The summed E-state index contributed by atoms with van der Waals surface area (Å²) in [5.74, 6) is -0.792. The first-order chi connectivity index (χ1) is 20.5. The summed E-state index contributed by atoms with van der Waals surface area (Å²) >= 11 is 0. The summed E-state index contributed by atoms with van der Waals surface area (Å²) in [5, 5.41) is 4.34. The van der Waals surface area contributed by atoms with Gasteiger partial charge in [-0.3, -0.25) is 19.4 Å². The third kappa shape index (κ3) is 5.15. The van der Waals surface area contributed by atoms with Crippen molar-refractivity contribution >= 4 is 28.5 Å². The van der Waals surface area contributed by atoms with Crippen LogP contribution in [0, 0.1) is 18.7 Å². The number of rotatable bonds is 7. The van der Waals surface area contributed by atoms with Crippen LogP contribution in [0.25, 0.3) is 16.6 Å². The van der Waals surface area contributed by atoms with Gasteiger partial charge < -0.3 is 19.7 Å². The number of nitrogens with one attached hydrogen (secondary N) is 1. The molecule has 228 valence electrons. The van der Waals surface area contributed by atoms with E-state index in [9.17, 15) is 18.8 Å². The van der Waals surface area contributed by atoms with E-state index in [2.05, 4.69) is 10.3 Å². The number of hydrogen-bond donors (Lipinski definition) is 1. The molecule has 3 fully saturated rings. The van der Waals surface area contributed by atoms with Gasteiger partial charge in [0.05, 0.1) is 29.0 Å². The van der Waals surface area contributed by atoms with E-state index in [0.717, 1.165) is 31.1 Å². The summed E-state index contributed by atoms with van der Waals surface area (Å²) in [6.07, 6.45) is 8.84. The third-order valence-corrected chi connectivity index (χ3v) is 9.98. The largest absolute Gasteiger partial charge is 0.339 e. The highest BCUT2D eigenvalue weighted by Crippen LogP contribution is 2.45. The highest BCUT2D eigenvalue weighted by atomic mass is 19.1. The predicted octanol–water partition coefficient (Wildman–Crippen LogP) is 5.44. The lowest BCUT2D eigenvalue weighted by molar-refractivity contribution is -0.137. The number of nitrogens with zero attached hydrogens (tertiary/aromatic N) is 4. The first kappa shape index (κ1) is 29.5. The molecule has 3 atom stereocenters. The van der Waals surface area contributed by atoms with Gasteiger partial charge in [-0.2, -0.15) is 0 Å². The van der Waals surface area contributed by atoms with Crippen molar-refractivity contribution in [3.05, 3.63) is 59.3 Å². The first-order valence-electron chi connectivity index (χ1n) is 15.7. The van der Waals surface area contributed by atoms with Crippen LogP contribution in [0.1, 0.15) is 92.6 Å². The van der Waals surface area contributed by atoms with E-state index < -0.39 is 5.82 Å². The molecular formula is C34H42FN5O3. The zero-order valence-electron chi connectivity index (χ0n) is 25.8. The number of carbonyl (C=O) groups excluding carboxylic acids is 3. The number of fused-ring (bicyclic) bond motifs is 1. The molecule has 1 aromatic carbocycles. The van der Waals surface area contributed by atoms with Crippen LogP contribution in [0.2, 0.25) is 0 Å². The molecule has 1 spiro atoms. The van der Waals surface area contributed by atoms with E-state index in [1.54, 1.807) is 23.4 Å². The summed E-state index contributed by atoms with van der Waals surface area (Å²) in [6, 6.07) is 5.86. The topological polar surface area (TPSA) is 87.5 Å². The van der Waals surface area contributed by atoms with Crippen LogP contribution in [0.4, 0.5) is 4.39 Å². The number of ketones is 1. The molecule has 3 aliphatic rings. The number of halogens is 1. The zero-order valence-corrected chi connectivity index (χ0v) is 25.8. The molecule has 1 saturated carbocycles. The van der Waals surface area contributed by atoms with Gasteiger partial charge in [0, 0.05) is 59.5 Å². The summed E-state index contributed by atoms with van der Waals surface area (Å²) < 4.78 is 16.4. The second-order valence-electron chi connectivity index (χ2n) is 13.0. The van der Waals surface area contributed by atoms with E-state index in [1.807, 2.05) is 50.2 Å². The van der Waals surface area contributed by atoms with E-state index in [1.165, 1.54) is 12.1 Å². The zero-order chi connectivity index (χ0) is 30.6. The van der Waals surface area contributed by atoms with Crippen LogP contribution < -0.4 is 5.32 Å². The van der Waals surface area contributed by atoms with Crippen molar-refractivity contribution in [1.82, 2.24) is 24.7 Å². The first-order valence-corrected chi connectivity index (χ1v) is 15.7. The fourth-order valence-corrected chi connectivity index (χ4v) is 7.46. The maximum absolute atomic E-state index is 14.6. The standard InChI is InChI=1S/C34H42FN5O3/c1-6-38(20(2)3)32(42)26-18-24(35)7-8-28(26)40-22(5)30(25-10-15-36-19-29(25)40)31(41)23-11-16-39(21(4)17-23)33(43)27-9-12-34(37-27)13-14-34/h7-8,10,15,18-21,23,27,37H,6,9,11-14,16-17H2,1-5H3/t21-,23+,27+/m0/s1. The minimum atomic E-state index is -0.495. The molecule has 2 saturated heterocycles. The monoisotopic (exact) mass is 587 g/mol. The number of carbonyl (C=O) groups is 3. The number of hydrogen-bond acceptors (Lipinski definition) is 5. The molecule has 0 radical (unpaired) electrons. The maximum Gasteiger partial charge on any atom is 0.256 e. The Morgan fingerprint density at radius 2 is 1.93 bits per heavy atom. The molecule has 6 rings (SSSR count). The number of Topliss-reactive ketones (excluding diaryl/α,β-unsaturated/α-hetero) is 1. The van der Waals surface area contributed by atoms with Crippen LogP contribution in [-0.2, 0) is 4.79 Å².